The molecule has 1 saturated carbocycles. The first-order valence-electron chi connectivity index (χ1n) is 2.81. The summed E-state index contributed by atoms with van der Waals surface area (Å²) in [4.78, 5) is 10.5. The quantitative estimate of drug-likeness (QED) is 0.447. The monoisotopic (exact) mass is 98.1 g/mol. The summed E-state index contributed by atoms with van der Waals surface area (Å²) >= 11 is 0. The lowest BCUT2D eigenvalue weighted by Gasteiger charge is -1.90. The topological polar surface area (TPSA) is 17.1 Å². The SMILES string of the molecule is C[C@H]1CCC(=O)C1. The number of carbonyl (C=O) groups excluding carboxylic acids is 1. The van der Waals surface area contributed by atoms with Gasteiger partial charge in [0.2, 0.25) is 0 Å². The standard InChI is InChI=1S/C6H10O/c1-5-2-3-6(7)4-5/h5H,2-4H2,1H3/t5-/m0/s1. The minimum Gasteiger partial charge on any atom is -0.300 e. The molecule has 1 rings (SSSR count). The summed E-state index contributed by atoms with van der Waals surface area (Å²) in [7, 11) is 0. The third kappa shape index (κ3) is 1.02. The van der Waals surface area contributed by atoms with Crippen molar-refractivity contribution < 1.29 is 4.79 Å². The molecule has 1 fully saturated rings. The van der Waals surface area contributed by atoms with Crippen molar-refractivity contribution in [1.82, 2.24) is 0 Å². The number of rotatable bonds is 0. The van der Waals surface area contributed by atoms with Crippen LogP contribution in [0.25, 0.3) is 0 Å². The maximum Gasteiger partial charge on any atom is 0.133 e. The Kier molecular flexibility index (Phi) is 1.13. The molecule has 0 heterocycles. The largest absolute Gasteiger partial charge is 0.300 e. The van der Waals surface area contributed by atoms with Crippen molar-refractivity contribution in [2.45, 2.75) is 26.2 Å². The second-order valence-electron chi connectivity index (χ2n) is 2.39. The van der Waals surface area contributed by atoms with Gasteiger partial charge in [0.05, 0.1) is 0 Å². The van der Waals surface area contributed by atoms with Crippen molar-refractivity contribution in [3.8, 4) is 0 Å². The highest BCUT2D eigenvalue weighted by Gasteiger charge is 2.16. The Hall–Kier alpha value is -0.330. The molecular formula is C6H10O. The highest BCUT2D eigenvalue weighted by Crippen LogP contribution is 2.19. The Morgan fingerprint density at radius 1 is 1.71 bits per heavy atom. The van der Waals surface area contributed by atoms with Crippen LogP contribution in [0.1, 0.15) is 26.2 Å². The van der Waals surface area contributed by atoms with E-state index in [-0.39, 0.29) is 0 Å². The predicted octanol–water partition coefficient (Wildman–Crippen LogP) is 1.38. The maximum absolute atomic E-state index is 10.5. The van der Waals surface area contributed by atoms with E-state index in [1.165, 1.54) is 0 Å². The Morgan fingerprint density at radius 3 is 2.57 bits per heavy atom. The lowest BCUT2D eigenvalue weighted by molar-refractivity contribution is -0.117. The Bertz CT molecular complexity index is 86.2. The summed E-state index contributed by atoms with van der Waals surface area (Å²) in [6, 6.07) is 0. The lowest BCUT2D eigenvalue weighted by atomic mass is 10.1. The van der Waals surface area contributed by atoms with E-state index in [2.05, 4.69) is 6.92 Å². The van der Waals surface area contributed by atoms with Crippen molar-refractivity contribution in [3.63, 3.8) is 0 Å². The van der Waals surface area contributed by atoms with Gasteiger partial charge in [0.1, 0.15) is 5.78 Å². The number of carbonyl (C=O) groups is 1. The van der Waals surface area contributed by atoms with E-state index in [1.807, 2.05) is 0 Å². The average molecular weight is 98.1 g/mol. The van der Waals surface area contributed by atoms with Crippen LogP contribution in [-0.2, 0) is 4.79 Å². The molecule has 0 unspecified atom stereocenters. The normalized spacial score (nSPS) is 31.6. The van der Waals surface area contributed by atoms with Crippen LogP contribution in [0.4, 0.5) is 0 Å². The molecule has 1 nitrogen and oxygen atoms in total. The van der Waals surface area contributed by atoms with Crippen molar-refractivity contribution in [1.29, 1.82) is 0 Å². The number of Topliss-reactive ketones (excluding diaryl/α,β-unsaturated/α-hetero) is 1. The zero-order chi connectivity index (χ0) is 5.28. The fourth-order valence-electron chi connectivity index (χ4n) is 1.00. The van der Waals surface area contributed by atoms with Gasteiger partial charge in [-0.2, -0.15) is 0 Å². The molecule has 0 radical (unpaired) electrons. The van der Waals surface area contributed by atoms with Crippen LogP contribution in [0, 0.1) is 5.92 Å². The molecule has 0 aliphatic heterocycles. The van der Waals surface area contributed by atoms with Gasteiger partial charge in [-0.25, -0.2) is 0 Å². The average Bonchev–Trinajstić information content (AvgIpc) is 1.87. The Balaban J connectivity index is 2.40. The third-order valence-electron chi connectivity index (χ3n) is 1.49. The molecule has 40 valence electrons. The summed E-state index contributed by atoms with van der Waals surface area (Å²) < 4.78 is 0. The molecule has 0 bridgehead atoms. The highest BCUT2D eigenvalue weighted by atomic mass is 16.1. The molecule has 0 aromatic rings. The number of hydrogen-bond donors (Lipinski definition) is 0. The number of ketones is 1. The predicted molar refractivity (Wildman–Crippen MR) is 28.0 cm³/mol. The zero-order valence-corrected chi connectivity index (χ0v) is 4.61. The molecule has 0 spiro atoms. The summed E-state index contributed by atoms with van der Waals surface area (Å²) in [5.74, 6) is 1.12. The second-order valence-corrected chi connectivity index (χ2v) is 2.39. The molecule has 0 saturated heterocycles. The van der Waals surface area contributed by atoms with Crippen LogP contribution in [0.15, 0.2) is 0 Å². The van der Waals surface area contributed by atoms with Gasteiger partial charge >= 0.3 is 0 Å². The summed E-state index contributed by atoms with van der Waals surface area (Å²) in [6.45, 7) is 2.13. The molecule has 0 aromatic carbocycles. The van der Waals surface area contributed by atoms with Crippen LogP contribution in [0.2, 0.25) is 0 Å². The molecule has 7 heavy (non-hydrogen) atoms. The maximum atomic E-state index is 10.5. The van der Waals surface area contributed by atoms with E-state index in [0.717, 1.165) is 19.3 Å². The second kappa shape index (κ2) is 1.65. The Labute approximate surface area is 43.7 Å². The minimum atomic E-state index is 0.451. The van der Waals surface area contributed by atoms with Crippen LogP contribution in [-0.4, -0.2) is 5.78 Å². The van der Waals surface area contributed by atoms with Gasteiger partial charge in [-0.05, 0) is 12.3 Å². The van der Waals surface area contributed by atoms with E-state index >= 15 is 0 Å². The van der Waals surface area contributed by atoms with Crippen molar-refractivity contribution in [2.75, 3.05) is 0 Å². The van der Waals surface area contributed by atoms with Gasteiger partial charge in [0.25, 0.3) is 0 Å². The molecular weight excluding hydrogens is 88.1 g/mol. The van der Waals surface area contributed by atoms with Crippen molar-refractivity contribution in [2.24, 2.45) is 5.92 Å². The van der Waals surface area contributed by atoms with Gasteiger partial charge in [-0.15, -0.1) is 0 Å². The fourth-order valence-corrected chi connectivity index (χ4v) is 1.00. The van der Waals surface area contributed by atoms with E-state index in [0.29, 0.717) is 11.7 Å². The molecule has 1 atom stereocenters. The van der Waals surface area contributed by atoms with Crippen molar-refractivity contribution in [3.05, 3.63) is 0 Å². The fraction of sp³-hybridized carbons (Fsp3) is 0.833. The van der Waals surface area contributed by atoms with Gasteiger partial charge < -0.3 is 0 Å². The van der Waals surface area contributed by atoms with Gasteiger partial charge in [-0.3, -0.25) is 4.79 Å². The van der Waals surface area contributed by atoms with Crippen LogP contribution >= 0.6 is 0 Å². The summed E-state index contributed by atoms with van der Waals surface area (Å²) in [6.07, 6.45) is 2.79. The van der Waals surface area contributed by atoms with E-state index in [9.17, 15) is 4.79 Å². The van der Waals surface area contributed by atoms with Crippen LogP contribution in [0.5, 0.6) is 0 Å². The molecule has 0 aromatic heterocycles. The minimum absolute atomic E-state index is 0.451. The van der Waals surface area contributed by atoms with E-state index in [4.69, 9.17) is 0 Å². The first-order valence-corrected chi connectivity index (χ1v) is 2.81. The van der Waals surface area contributed by atoms with Crippen molar-refractivity contribution >= 4 is 5.78 Å². The van der Waals surface area contributed by atoms with Gasteiger partial charge in [-0.1, -0.05) is 6.92 Å². The molecule has 1 heteroatoms. The first kappa shape index (κ1) is 4.82. The third-order valence-corrected chi connectivity index (χ3v) is 1.49. The van der Waals surface area contributed by atoms with E-state index in [1.54, 1.807) is 0 Å². The zero-order valence-electron chi connectivity index (χ0n) is 4.61. The van der Waals surface area contributed by atoms with Crippen LogP contribution < -0.4 is 0 Å². The molecule has 1 aliphatic carbocycles. The van der Waals surface area contributed by atoms with Gasteiger partial charge in [0.15, 0.2) is 0 Å². The van der Waals surface area contributed by atoms with Crippen LogP contribution in [0.3, 0.4) is 0 Å². The number of hydrogen-bond acceptors (Lipinski definition) is 1. The van der Waals surface area contributed by atoms with E-state index < -0.39 is 0 Å². The van der Waals surface area contributed by atoms with Gasteiger partial charge in [0, 0.05) is 12.8 Å². The Morgan fingerprint density at radius 2 is 2.43 bits per heavy atom. The summed E-state index contributed by atoms with van der Waals surface area (Å²) in [5, 5.41) is 0. The smallest absolute Gasteiger partial charge is 0.133 e. The lowest BCUT2D eigenvalue weighted by Crippen LogP contribution is -1.86. The molecule has 1 aliphatic rings. The molecule has 0 amide bonds. The summed E-state index contributed by atoms with van der Waals surface area (Å²) in [5.41, 5.74) is 0. The highest BCUT2D eigenvalue weighted by molar-refractivity contribution is 5.80. The molecule has 0 N–H and O–H groups in total. The first-order chi connectivity index (χ1) is 3.29.